The number of hydrogen-bond donors (Lipinski definition) is 0. The molecule has 2 atom stereocenters. The highest BCUT2D eigenvalue weighted by Gasteiger charge is 2.61. The second-order valence-electron chi connectivity index (χ2n) is 8.43. The van der Waals surface area contributed by atoms with E-state index in [1.165, 1.54) is 5.56 Å². The van der Waals surface area contributed by atoms with Crippen molar-refractivity contribution in [2.24, 2.45) is 0 Å². The molecule has 1 aliphatic rings. The Morgan fingerprint density at radius 1 is 0.826 bits per heavy atom. The Hall–Kier alpha value is -0.466. The lowest BCUT2D eigenvalue weighted by Crippen LogP contribution is -2.59. The van der Waals surface area contributed by atoms with Crippen LogP contribution < -0.4 is 0 Å². The van der Waals surface area contributed by atoms with Crippen LogP contribution in [0.5, 0.6) is 0 Å². The summed E-state index contributed by atoms with van der Waals surface area (Å²) in [5, 5.41) is 0. The summed E-state index contributed by atoms with van der Waals surface area (Å²) in [6.45, 7) is 13.4. The van der Waals surface area contributed by atoms with E-state index in [-0.39, 0.29) is 0 Å². The Balaban J connectivity index is 2.59. The number of ether oxygens (including phenoxy) is 1. The first-order valence-corrected chi connectivity index (χ1v) is 15.4. The minimum absolute atomic E-state index is 0.506. The van der Waals surface area contributed by atoms with Gasteiger partial charge in [-0.15, -0.1) is 0 Å². The molecular formula is C18H32O3Si2. The van der Waals surface area contributed by atoms with Gasteiger partial charge in [0, 0.05) is 13.5 Å². The van der Waals surface area contributed by atoms with Gasteiger partial charge in [-0.3, -0.25) is 0 Å². The van der Waals surface area contributed by atoms with Gasteiger partial charge < -0.3 is 13.6 Å². The monoisotopic (exact) mass is 352 g/mol. The van der Waals surface area contributed by atoms with Crippen LogP contribution in [0.1, 0.15) is 24.8 Å². The van der Waals surface area contributed by atoms with Crippen LogP contribution in [0.3, 0.4) is 0 Å². The summed E-state index contributed by atoms with van der Waals surface area (Å²) in [6, 6.07) is 10.5. The third-order valence-corrected chi connectivity index (χ3v) is 6.07. The predicted octanol–water partition coefficient (Wildman–Crippen LogP) is 5.11. The Labute approximate surface area is 143 Å². The molecule has 1 aliphatic carbocycles. The Morgan fingerprint density at radius 2 is 1.39 bits per heavy atom. The molecule has 1 fully saturated rings. The Kier molecular flexibility index (Phi) is 5.29. The zero-order valence-electron chi connectivity index (χ0n) is 15.7. The summed E-state index contributed by atoms with van der Waals surface area (Å²) in [5.74, 6) is -0.681. The highest BCUT2D eigenvalue weighted by atomic mass is 28.4. The minimum atomic E-state index is -1.80. The first-order valence-electron chi connectivity index (χ1n) is 8.55. The van der Waals surface area contributed by atoms with Gasteiger partial charge in [0.05, 0.1) is 0 Å². The zero-order valence-corrected chi connectivity index (χ0v) is 17.7. The van der Waals surface area contributed by atoms with Crippen molar-refractivity contribution >= 4 is 16.6 Å². The molecule has 0 spiro atoms. The topological polar surface area (TPSA) is 27.7 Å². The Bertz CT molecular complexity index is 521. The fraction of sp³-hybridized carbons (Fsp3) is 0.667. The van der Waals surface area contributed by atoms with Crippen molar-refractivity contribution in [1.29, 1.82) is 0 Å². The van der Waals surface area contributed by atoms with E-state index >= 15 is 0 Å². The van der Waals surface area contributed by atoms with Crippen molar-refractivity contribution in [3.8, 4) is 0 Å². The van der Waals surface area contributed by atoms with Crippen LogP contribution in [0.15, 0.2) is 30.3 Å². The predicted molar refractivity (Wildman–Crippen MR) is 101 cm³/mol. The normalized spacial score (nSPS) is 29.0. The van der Waals surface area contributed by atoms with Crippen molar-refractivity contribution in [3.63, 3.8) is 0 Å². The summed E-state index contributed by atoms with van der Waals surface area (Å²) in [5.41, 5.74) is 0.674. The fourth-order valence-corrected chi connectivity index (χ4v) is 6.44. The molecule has 0 amide bonds. The van der Waals surface area contributed by atoms with E-state index in [1.807, 2.05) is 0 Å². The highest BCUT2D eigenvalue weighted by Crippen LogP contribution is 2.54. The van der Waals surface area contributed by atoms with Gasteiger partial charge in [0.2, 0.25) is 0 Å². The molecule has 0 bridgehead atoms. The molecule has 0 radical (unpaired) electrons. The van der Waals surface area contributed by atoms with E-state index < -0.39 is 28.0 Å². The van der Waals surface area contributed by atoms with Gasteiger partial charge in [0.25, 0.3) is 0 Å². The van der Waals surface area contributed by atoms with E-state index in [4.69, 9.17) is 13.6 Å². The molecule has 3 nitrogen and oxygen atoms in total. The van der Waals surface area contributed by atoms with Crippen LogP contribution in [-0.4, -0.2) is 29.5 Å². The van der Waals surface area contributed by atoms with Crippen molar-refractivity contribution in [2.75, 3.05) is 7.11 Å². The minimum Gasteiger partial charge on any atom is -0.403 e. The summed E-state index contributed by atoms with van der Waals surface area (Å²) in [6.07, 6.45) is 2.88. The summed E-state index contributed by atoms with van der Waals surface area (Å²) in [7, 11) is -1.83. The van der Waals surface area contributed by atoms with Crippen LogP contribution in [0.25, 0.3) is 0 Å². The molecule has 1 aromatic rings. The van der Waals surface area contributed by atoms with Crippen LogP contribution in [0, 0.1) is 0 Å². The van der Waals surface area contributed by atoms with Crippen LogP contribution in [-0.2, 0) is 19.2 Å². The number of rotatable bonds is 6. The molecular weight excluding hydrogens is 320 g/mol. The number of methoxy groups -OCH3 is 1. The summed E-state index contributed by atoms with van der Waals surface area (Å²) >= 11 is 0. The zero-order chi connectivity index (χ0) is 17.4. The first-order chi connectivity index (χ1) is 10.5. The van der Waals surface area contributed by atoms with Gasteiger partial charge in [-0.05, 0) is 57.7 Å². The van der Waals surface area contributed by atoms with Gasteiger partial charge in [0.15, 0.2) is 22.4 Å². The van der Waals surface area contributed by atoms with E-state index in [0.29, 0.717) is 0 Å². The second kappa shape index (κ2) is 6.44. The van der Waals surface area contributed by atoms with Crippen LogP contribution in [0.2, 0.25) is 39.3 Å². The van der Waals surface area contributed by atoms with E-state index in [0.717, 1.165) is 19.3 Å². The third-order valence-electron chi connectivity index (χ3n) is 4.17. The number of hydrogen-bond acceptors (Lipinski definition) is 3. The quantitative estimate of drug-likeness (QED) is 0.526. The second-order valence-corrected chi connectivity index (χ2v) is 17.3. The van der Waals surface area contributed by atoms with Crippen molar-refractivity contribution in [1.82, 2.24) is 0 Å². The molecule has 0 aromatic heterocycles. The van der Waals surface area contributed by atoms with E-state index in [2.05, 4.69) is 69.6 Å². The average molecular weight is 353 g/mol. The lowest BCUT2D eigenvalue weighted by Gasteiger charge is -2.50. The maximum Gasteiger partial charge on any atom is 0.191 e. The highest BCUT2D eigenvalue weighted by molar-refractivity contribution is 6.70. The molecule has 0 N–H and O–H groups in total. The number of benzene rings is 1. The van der Waals surface area contributed by atoms with Crippen LogP contribution in [0.4, 0.5) is 0 Å². The van der Waals surface area contributed by atoms with Gasteiger partial charge in [0.1, 0.15) is 5.60 Å². The average Bonchev–Trinajstić information content (AvgIpc) is 2.76. The van der Waals surface area contributed by atoms with E-state index in [1.54, 1.807) is 7.11 Å². The van der Waals surface area contributed by atoms with Gasteiger partial charge in [-0.2, -0.15) is 0 Å². The van der Waals surface area contributed by atoms with Gasteiger partial charge in [-0.25, -0.2) is 0 Å². The molecule has 0 saturated heterocycles. The smallest absolute Gasteiger partial charge is 0.191 e. The molecule has 130 valence electrons. The molecule has 1 saturated carbocycles. The SMILES string of the molecule is COC1(O[Si](C)(C)C)CCCC1(O[Si](C)(C)C)c1ccccc1. The molecule has 0 heterocycles. The van der Waals surface area contributed by atoms with Gasteiger partial charge in [-0.1, -0.05) is 30.3 Å². The third kappa shape index (κ3) is 3.96. The first kappa shape index (κ1) is 18.9. The molecule has 2 rings (SSSR count). The summed E-state index contributed by atoms with van der Waals surface area (Å²) in [4.78, 5) is 0. The lowest BCUT2D eigenvalue weighted by molar-refractivity contribution is -0.259. The lowest BCUT2D eigenvalue weighted by atomic mass is 9.87. The van der Waals surface area contributed by atoms with Gasteiger partial charge >= 0.3 is 0 Å². The Morgan fingerprint density at radius 3 is 1.87 bits per heavy atom. The van der Waals surface area contributed by atoms with Crippen LogP contribution >= 0.6 is 0 Å². The van der Waals surface area contributed by atoms with Crippen molar-refractivity contribution in [2.45, 2.75) is 69.9 Å². The molecule has 0 aliphatic heterocycles. The van der Waals surface area contributed by atoms with Crippen molar-refractivity contribution in [3.05, 3.63) is 35.9 Å². The molecule has 5 heteroatoms. The summed E-state index contributed by atoms with van der Waals surface area (Å²) < 4.78 is 19.6. The fourth-order valence-electron chi connectivity index (χ4n) is 3.68. The maximum atomic E-state index is 6.84. The van der Waals surface area contributed by atoms with E-state index in [9.17, 15) is 0 Å². The standard InChI is InChI=1S/C18H32O3Si2/c1-19-18(21-23(5,6)7)15-11-14-17(18,20-22(2,3)4)16-12-9-8-10-13-16/h8-10,12-13H,11,14-15H2,1-7H3. The van der Waals surface area contributed by atoms with Crippen molar-refractivity contribution < 1.29 is 13.6 Å². The maximum absolute atomic E-state index is 6.84. The molecule has 2 unspecified atom stereocenters. The largest absolute Gasteiger partial charge is 0.403 e. The molecule has 1 aromatic carbocycles. The molecule has 23 heavy (non-hydrogen) atoms.